The summed E-state index contributed by atoms with van der Waals surface area (Å²) in [4.78, 5) is 13.1. The van der Waals surface area contributed by atoms with Crippen LogP contribution in [0.2, 0.25) is 0 Å². The Kier molecular flexibility index (Phi) is 6.56. The molecule has 0 aromatic heterocycles. The van der Waals surface area contributed by atoms with Gasteiger partial charge in [-0.15, -0.1) is 0 Å². The molecule has 0 spiro atoms. The van der Waals surface area contributed by atoms with Crippen molar-refractivity contribution in [1.29, 1.82) is 0 Å². The topological polar surface area (TPSA) is 75.3 Å². The van der Waals surface area contributed by atoms with Gasteiger partial charge in [-0.3, -0.25) is 9.52 Å². The van der Waals surface area contributed by atoms with Gasteiger partial charge in [-0.05, 0) is 66.1 Å². The van der Waals surface area contributed by atoms with Gasteiger partial charge in [-0.25, -0.2) is 8.42 Å². The molecule has 3 aromatic rings. The van der Waals surface area contributed by atoms with Crippen LogP contribution in [0.4, 0.5) is 5.69 Å². The summed E-state index contributed by atoms with van der Waals surface area (Å²) in [6.07, 6.45) is 2.50. The van der Waals surface area contributed by atoms with Gasteiger partial charge in [0.1, 0.15) is 0 Å². The third-order valence-electron chi connectivity index (χ3n) is 6.05. The zero-order valence-electron chi connectivity index (χ0n) is 19.0. The third kappa shape index (κ3) is 5.45. The number of carbonyl (C=O) groups is 1. The molecule has 3 aromatic carbocycles. The van der Waals surface area contributed by atoms with Crippen molar-refractivity contribution in [3.05, 3.63) is 95.6 Å². The van der Waals surface area contributed by atoms with Crippen molar-refractivity contribution in [2.75, 3.05) is 4.72 Å². The zero-order valence-corrected chi connectivity index (χ0v) is 19.9. The molecule has 33 heavy (non-hydrogen) atoms. The van der Waals surface area contributed by atoms with E-state index in [4.69, 9.17) is 0 Å². The van der Waals surface area contributed by atoms with Gasteiger partial charge in [-0.2, -0.15) is 0 Å². The molecular formula is C27H30N2O3S. The Morgan fingerprint density at radius 3 is 2.09 bits per heavy atom. The Morgan fingerprint density at radius 2 is 1.52 bits per heavy atom. The lowest BCUT2D eigenvalue weighted by molar-refractivity contribution is -0.123. The van der Waals surface area contributed by atoms with Crippen molar-refractivity contribution in [3.63, 3.8) is 0 Å². The number of hydrogen-bond donors (Lipinski definition) is 2. The lowest BCUT2D eigenvalue weighted by atomic mass is 9.94. The monoisotopic (exact) mass is 462 g/mol. The molecule has 4 rings (SSSR count). The standard InChI is InChI=1S/C27H30N2O3S/c1-20(2)18-21-8-14-25(15-9-21)33(31,32)29-24-12-10-23(11-13-24)27(16-17-27)26(30)28-19-22-6-4-3-5-7-22/h3-15,20,29H,16-19H2,1-2H3,(H,28,30). The Bertz CT molecular complexity index is 1200. The summed E-state index contributed by atoms with van der Waals surface area (Å²) in [6.45, 7) is 4.76. The SMILES string of the molecule is CC(C)Cc1ccc(S(=O)(=O)Nc2ccc(C3(C(=O)NCc4ccccc4)CC3)cc2)cc1. The van der Waals surface area contributed by atoms with Crippen molar-refractivity contribution in [3.8, 4) is 0 Å². The summed E-state index contributed by atoms with van der Waals surface area (Å²) < 4.78 is 28.2. The van der Waals surface area contributed by atoms with Crippen LogP contribution < -0.4 is 10.0 Å². The van der Waals surface area contributed by atoms with Gasteiger partial charge in [0.15, 0.2) is 0 Å². The number of benzene rings is 3. The van der Waals surface area contributed by atoms with Crippen LogP contribution in [-0.2, 0) is 33.2 Å². The summed E-state index contributed by atoms with van der Waals surface area (Å²) in [5, 5.41) is 3.04. The lowest BCUT2D eigenvalue weighted by Crippen LogP contribution is -2.34. The average molecular weight is 463 g/mol. The van der Waals surface area contributed by atoms with Gasteiger partial charge >= 0.3 is 0 Å². The molecule has 6 heteroatoms. The highest BCUT2D eigenvalue weighted by molar-refractivity contribution is 7.92. The number of nitrogens with one attached hydrogen (secondary N) is 2. The minimum atomic E-state index is -3.68. The molecule has 1 amide bonds. The van der Waals surface area contributed by atoms with Gasteiger partial charge in [-0.1, -0.05) is 68.4 Å². The molecule has 0 unspecified atom stereocenters. The van der Waals surface area contributed by atoms with Crippen molar-refractivity contribution >= 4 is 21.6 Å². The average Bonchev–Trinajstić information content (AvgIpc) is 3.60. The van der Waals surface area contributed by atoms with E-state index in [9.17, 15) is 13.2 Å². The Labute approximate surface area is 196 Å². The van der Waals surface area contributed by atoms with E-state index in [1.54, 1.807) is 24.3 Å². The summed E-state index contributed by atoms with van der Waals surface area (Å²) >= 11 is 0. The fourth-order valence-electron chi connectivity index (χ4n) is 4.07. The maximum absolute atomic E-state index is 12.9. The zero-order chi connectivity index (χ0) is 23.5. The van der Waals surface area contributed by atoms with Crippen LogP contribution in [0.1, 0.15) is 43.4 Å². The molecule has 0 atom stereocenters. The second-order valence-corrected chi connectivity index (χ2v) is 10.9. The molecule has 172 valence electrons. The highest BCUT2D eigenvalue weighted by atomic mass is 32.2. The molecule has 0 heterocycles. The Balaban J connectivity index is 1.41. The molecule has 0 saturated heterocycles. The number of sulfonamides is 1. The Hall–Kier alpha value is -3.12. The molecule has 1 aliphatic carbocycles. The molecule has 5 nitrogen and oxygen atoms in total. The first-order valence-electron chi connectivity index (χ1n) is 11.3. The van der Waals surface area contributed by atoms with E-state index < -0.39 is 15.4 Å². The fourth-order valence-corrected chi connectivity index (χ4v) is 5.13. The molecule has 0 aliphatic heterocycles. The first kappa shape index (κ1) is 23.1. The van der Waals surface area contributed by atoms with E-state index in [0.29, 0.717) is 18.2 Å². The number of rotatable bonds is 9. The molecular weight excluding hydrogens is 432 g/mol. The van der Waals surface area contributed by atoms with Crippen LogP contribution in [-0.4, -0.2) is 14.3 Å². The highest BCUT2D eigenvalue weighted by Crippen LogP contribution is 2.48. The second-order valence-electron chi connectivity index (χ2n) is 9.18. The molecule has 0 radical (unpaired) electrons. The third-order valence-corrected chi connectivity index (χ3v) is 7.45. The second kappa shape index (κ2) is 9.40. The number of amides is 1. The largest absolute Gasteiger partial charge is 0.351 e. The fraction of sp³-hybridized carbons (Fsp3) is 0.296. The summed E-state index contributed by atoms with van der Waals surface area (Å²) in [6, 6.07) is 24.0. The van der Waals surface area contributed by atoms with Crippen molar-refractivity contribution < 1.29 is 13.2 Å². The summed E-state index contributed by atoms with van der Waals surface area (Å²) in [5.74, 6) is 0.528. The molecule has 0 bridgehead atoms. The smallest absolute Gasteiger partial charge is 0.261 e. The van der Waals surface area contributed by atoms with Gasteiger partial charge < -0.3 is 5.32 Å². The van der Waals surface area contributed by atoms with E-state index in [1.165, 1.54) is 0 Å². The van der Waals surface area contributed by atoms with Crippen molar-refractivity contribution in [1.82, 2.24) is 5.32 Å². The normalized spacial score (nSPS) is 14.6. The Morgan fingerprint density at radius 1 is 0.879 bits per heavy atom. The first-order valence-corrected chi connectivity index (χ1v) is 12.8. The van der Waals surface area contributed by atoms with Crippen LogP contribution in [0.5, 0.6) is 0 Å². The van der Waals surface area contributed by atoms with Crippen LogP contribution >= 0.6 is 0 Å². The number of carbonyl (C=O) groups excluding carboxylic acids is 1. The van der Waals surface area contributed by atoms with Crippen molar-refractivity contribution in [2.24, 2.45) is 5.92 Å². The van der Waals surface area contributed by atoms with Crippen LogP contribution in [0.3, 0.4) is 0 Å². The van der Waals surface area contributed by atoms with Gasteiger partial charge in [0, 0.05) is 12.2 Å². The minimum Gasteiger partial charge on any atom is -0.351 e. The molecule has 1 fully saturated rings. The predicted octanol–water partition coefficient (Wildman–Crippen LogP) is 5.03. The van der Waals surface area contributed by atoms with Crippen LogP contribution in [0.25, 0.3) is 0 Å². The predicted molar refractivity (Wildman–Crippen MR) is 131 cm³/mol. The molecule has 2 N–H and O–H groups in total. The van der Waals surface area contributed by atoms with Gasteiger partial charge in [0.05, 0.1) is 10.3 Å². The quantitative estimate of drug-likeness (QED) is 0.468. The van der Waals surface area contributed by atoms with E-state index >= 15 is 0 Å². The lowest BCUT2D eigenvalue weighted by Gasteiger charge is -2.17. The van der Waals surface area contributed by atoms with Crippen LogP contribution in [0.15, 0.2) is 83.8 Å². The minimum absolute atomic E-state index is 0.0150. The van der Waals surface area contributed by atoms with E-state index in [2.05, 4.69) is 23.9 Å². The maximum Gasteiger partial charge on any atom is 0.261 e. The van der Waals surface area contributed by atoms with Crippen molar-refractivity contribution in [2.45, 2.75) is 50.0 Å². The number of hydrogen-bond acceptors (Lipinski definition) is 3. The highest BCUT2D eigenvalue weighted by Gasteiger charge is 2.51. The van der Waals surface area contributed by atoms with Gasteiger partial charge in [0.2, 0.25) is 5.91 Å². The van der Waals surface area contributed by atoms with E-state index in [0.717, 1.165) is 36.0 Å². The summed E-state index contributed by atoms with van der Waals surface area (Å²) in [7, 11) is -3.68. The molecule has 1 saturated carbocycles. The number of anilines is 1. The van der Waals surface area contributed by atoms with Gasteiger partial charge in [0.25, 0.3) is 10.0 Å². The maximum atomic E-state index is 12.9. The van der Waals surface area contributed by atoms with E-state index in [-0.39, 0.29) is 10.8 Å². The first-order chi connectivity index (χ1) is 15.8. The summed E-state index contributed by atoms with van der Waals surface area (Å²) in [5.41, 5.74) is 3.05. The van der Waals surface area contributed by atoms with E-state index in [1.807, 2.05) is 54.6 Å². The molecule has 1 aliphatic rings. The van der Waals surface area contributed by atoms with Crippen LogP contribution in [0, 0.1) is 5.92 Å².